The van der Waals surface area contributed by atoms with Crippen molar-refractivity contribution in [1.29, 1.82) is 0 Å². The summed E-state index contributed by atoms with van der Waals surface area (Å²) < 4.78 is 13.3. The van der Waals surface area contributed by atoms with E-state index in [1.54, 1.807) is 0 Å². The van der Waals surface area contributed by atoms with Gasteiger partial charge in [0.05, 0.1) is 14.9 Å². The molecule has 15 heavy (non-hydrogen) atoms. The molecule has 2 N–H and O–H groups in total. The SMILES string of the molecule is Oc1nc(O)c2cc(F)c(Br)c(Cl)c2n1. The van der Waals surface area contributed by atoms with E-state index in [1.807, 2.05) is 0 Å². The number of halogens is 3. The van der Waals surface area contributed by atoms with E-state index in [4.69, 9.17) is 16.7 Å². The van der Waals surface area contributed by atoms with Gasteiger partial charge < -0.3 is 10.2 Å². The summed E-state index contributed by atoms with van der Waals surface area (Å²) in [5, 5.41) is 18.4. The van der Waals surface area contributed by atoms with Crippen LogP contribution in [-0.4, -0.2) is 20.2 Å². The van der Waals surface area contributed by atoms with Gasteiger partial charge in [0.15, 0.2) is 0 Å². The van der Waals surface area contributed by atoms with E-state index in [2.05, 4.69) is 25.9 Å². The summed E-state index contributed by atoms with van der Waals surface area (Å²) in [5.74, 6) is -1.16. The summed E-state index contributed by atoms with van der Waals surface area (Å²) in [6.07, 6.45) is 0. The zero-order valence-corrected chi connectivity index (χ0v) is 9.34. The molecule has 0 saturated heterocycles. The molecular weight excluding hydrogens is 290 g/mol. The summed E-state index contributed by atoms with van der Waals surface area (Å²) >= 11 is 8.69. The van der Waals surface area contributed by atoms with Crippen LogP contribution in [-0.2, 0) is 0 Å². The number of benzene rings is 1. The first-order chi connectivity index (χ1) is 7.00. The third kappa shape index (κ3) is 1.59. The van der Waals surface area contributed by atoms with E-state index in [0.29, 0.717) is 0 Å². The van der Waals surface area contributed by atoms with Crippen molar-refractivity contribution in [2.24, 2.45) is 0 Å². The molecular formula is C8H3BrClFN2O2. The molecule has 4 nitrogen and oxygen atoms in total. The van der Waals surface area contributed by atoms with Crippen LogP contribution in [0.1, 0.15) is 0 Å². The summed E-state index contributed by atoms with van der Waals surface area (Å²) in [4.78, 5) is 6.87. The number of nitrogens with zero attached hydrogens (tertiary/aromatic N) is 2. The lowest BCUT2D eigenvalue weighted by Gasteiger charge is -2.04. The lowest BCUT2D eigenvalue weighted by molar-refractivity contribution is 0.403. The molecule has 1 heterocycles. The second-order valence-electron chi connectivity index (χ2n) is 2.73. The van der Waals surface area contributed by atoms with Crippen molar-refractivity contribution in [3.8, 4) is 11.9 Å². The Morgan fingerprint density at radius 3 is 2.67 bits per heavy atom. The maximum atomic E-state index is 13.2. The Morgan fingerprint density at radius 1 is 1.33 bits per heavy atom. The van der Waals surface area contributed by atoms with Crippen molar-refractivity contribution in [2.75, 3.05) is 0 Å². The molecule has 1 aromatic carbocycles. The second-order valence-corrected chi connectivity index (χ2v) is 3.90. The van der Waals surface area contributed by atoms with Gasteiger partial charge in [-0.1, -0.05) is 11.6 Å². The van der Waals surface area contributed by atoms with Crippen LogP contribution in [0.5, 0.6) is 11.9 Å². The smallest absolute Gasteiger partial charge is 0.317 e. The molecule has 1 aromatic heterocycles. The average molecular weight is 293 g/mol. The number of hydrogen-bond acceptors (Lipinski definition) is 4. The first-order valence-electron chi connectivity index (χ1n) is 3.74. The van der Waals surface area contributed by atoms with Gasteiger partial charge in [-0.25, -0.2) is 4.39 Å². The van der Waals surface area contributed by atoms with Gasteiger partial charge in [0.1, 0.15) is 11.3 Å². The molecule has 0 aliphatic carbocycles. The van der Waals surface area contributed by atoms with Crippen molar-refractivity contribution in [3.05, 3.63) is 21.4 Å². The fourth-order valence-electron chi connectivity index (χ4n) is 1.15. The normalized spacial score (nSPS) is 10.9. The first-order valence-corrected chi connectivity index (χ1v) is 4.91. The van der Waals surface area contributed by atoms with Gasteiger partial charge in [-0.3, -0.25) is 0 Å². The number of hydrogen-bond donors (Lipinski definition) is 2. The van der Waals surface area contributed by atoms with Crippen molar-refractivity contribution in [3.63, 3.8) is 0 Å². The van der Waals surface area contributed by atoms with E-state index in [1.165, 1.54) is 0 Å². The molecule has 7 heteroatoms. The fraction of sp³-hybridized carbons (Fsp3) is 0. The Labute approximate surface area is 96.5 Å². The van der Waals surface area contributed by atoms with Crippen LogP contribution >= 0.6 is 27.5 Å². The molecule has 0 aliphatic heterocycles. The standard InChI is InChI=1S/C8H3BrClFN2O2/c9-4-3(11)1-2-6(5(4)10)12-8(15)13-7(2)14/h1H,(H2,12,13,14,15). The number of aromatic nitrogens is 2. The van der Waals surface area contributed by atoms with E-state index >= 15 is 0 Å². The minimum atomic E-state index is -0.642. The molecule has 0 unspecified atom stereocenters. The van der Waals surface area contributed by atoms with E-state index < -0.39 is 17.7 Å². The fourth-order valence-corrected chi connectivity index (χ4v) is 1.68. The molecule has 0 bridgehead atoms. The quantitative estimate of drug-likeness (QED) is 0.733. The lowest BCUT2D eigenvalue weighted by Crippen LogP contribution is -1.89. The lowest BCUT2D eigenvalue weighted by atomic mass is 10.2. The molecule has 0 radical (unpaired) electrons. The Morgan fingerprint density at radius 2 is 2.00 bits per heavy atom. The first kappa shape index (κ1) is 10.4. The number of fused-ring (bicyclic) bond motifs is 1. The molecule has 0 atom stereocenters. The highest BCUT2D eigenvalue weighted by atomic mass is 79.9. The highest BCUT2D eigenvalue weighted by molar-refractivity contribution is 9.10. The monoisotopic (exact) mass is 292 g/mol. The average Bonchev–Trinajstić information content (AvgIpc) is 2.17. The van der Waals surface area contributed by atoms with Gasteiger partial charge in [0.2, 0.25) is 5.88 Å². The minimum absolute atomic E-state index is 0.0224. The van der Waals surface area contributed by atoms with Crippen LogP contribution in [0.2, 0.25) is 5.02 Å². The van der Waals surface area contributed by atoms with Crippen molar-refractivity contribution in [2.45, 2.75) is 0 Å². The van der Waals surface area contributed by atoms with E-state index in [9.17, 15) is 9.50 Å². The molecule has 0 saturated carbocycles. The van der Waals surface area contributed by atoms with E-state index in [0.717, 1.165) is 6.07 Å². The zero-order valence-electron chi connectivity index (χ0n) is 7.00. The third-order valence-corrected chi connectivity index (χ3v) is 3.17. The van der Waals surface area contributed by atoms with Crippen LogP contribution in [0.3, 0.4) is 0 Å². The van der Waals surface area contributed by atoms with Gasteiger partial charge >= 0.3 is 6.01 Å². The molecule has 0 spiro atoms. The minimum Gasteiger partial charge on any atom is -0.493 e. The van der Waals surface area contributed by atoms with Crippen molar-refractivity contribution < 1.29 is 14.6 Å². The topological polar surface area (TPSA) is 66.2 Å². The van der Waals surface area contributed by atoms with E-state index in [-0.39, 0.29) is 20.4 Å². The van der Waals surface area contributed by atoms with Crippen LogP contribution < -0.4 is 0 Å². The van der Waals surface area contributed by atoms with Gasteiger partial charge in [-0.15, -0.1) is 0 Å². The van der Waals surface area contributed by atoms with Gasteiger partial charge in [-0.2, -0.15) is 9.97 Å². The number of aromatic hydroxyl groups is 2. The Kier molecular flexibility index (Phi) is 2.40. The van der Waals surface area contributed by atoms with Crippen LogP contribution in [0, 0.1) is 5.82 Å². The summed E-state index contributed by atoms with van der Waals surface area (Å²) in [6, 6.07) is 0.403. The molecule has 2 aromatic rings. The molecule has 0 amide bonds. The largest absolute Gasteiger partial charge is 0.493 e. The predicted molar refractivity (Wildman–Crippen MR) is 55.5 cm³/mol. The highest BCUT2D eigenvalue weighted by Gasteiger charge is 2.15. The Balaban J connectivity index is 2.98. The van der Waals surface area contributed by atoms with Crippen LogP contribution in [0.25, 0.3) is 10.9 Å². The third-order valence-electron chi connectivity index (χ3n) is 1.80. The summed E-state index contributed by atoms with van der Waals surface area (Å²) in [7, 11) is 0. The van der Waals surface area contributed by atoms with Crippen molar-refractivity contribution in [1.82, 2.24) is 9.97 Å². The maximum absolute atomic E-state index is 13.2. The zero-order chi connectivity index (χ0) is 11.2. The second kappa shape index (κ2) is 3.46. The van der Waals surface area contributed by atoms with Crippen molar-refractivity contribution >= 4 is 38.4 Å². The Bertz CT molecular complexity index is 564. The van der Waals surface area contributed by atoms with Crippen LogP contribution in [0.15, 0.2) is 10.5 Å². The van der Waals surface area contributed by atoms with Gasteiger partial charge in [0.25, 0.3) is 0 Å². The number of rotatable bonds is 0. The maximum Gasteiger partial charge on any atom is 0.317 e. The van der Waals surface area contributed by atoms with Gasteiger partial charge in [0, 0.05) is 0 Å². The molecule has 78 valence electrons. The van der Waals surface area contributed by atoms with Gasteiger partial charge in [-0.05, 0) is 22.0 Å². The molecule has 0 fully saturated rings. The van der Waals surface area contributed by atoms with Crippen LogP contribution in [0.4, 0.5) is 4.39 Å². The summed E-state index contributed by atoms with van der Waals surface area (Å²) in [6.45, 7) is 0. The highest BCUT2D eigenvalue weighted by Crippen LogP contribution is 2.35. The molecule has 2 rings (SSSR count). The molecule has 0 aliphatic rings. The predicted octanol–water partition coefficient (Wildman–Crippen LogP) is 2.60. The summed E-state index contributed by atoms with van der Waals surface area (Å²) in [5.41, 5.74) is 0.0786. The Hall–Kier alpha value is -1.14.